The summed E-state index contributed by atoms with van der Waals surface area (Å²) in [5.74, 6) is 0. The summed E-state index contributed by atoms with van der Waals surface area (Å²) in [6.45, 7) is 0. The summed E-state index contributed by atoms with van der Waals surface area (Å²) < 4.78 is 0. The van der Waals surface area contributed by atoms with Crippen LogP contribution < -0.4 is 4.90 Å². The lowest BCUT2D eigenvalue weighted by atomic mass is 9.67. The molecular weight excluding hydrogens is 795 g/mol. The molecule has 0 saturated heterocycles. The van der Waals surface area contributed by atoms with Crippen molar-refractivity contribution in [1.29, 1.82) is 0 Å². The number of rotatable bonds is 7. The van der Waals surface area contributed by atoms with Gasteiger partial charge in [0.2, 0.25) is 0 Å². The van der Waals surface area contributed by atoms with Gasteiger partial charge in [-0.25, -0.2) is 0 Å². The molecule has 1 aliphatic rings. The lowest BCUT2D eigenvalue weighted by molar-refractivity contribution is 0.768. The molecule has 0 aromatic heterocycles. The van der Waals surface area contributed by atoms with E-state index in [0.717, 1.165) is 17.1 Å². The Morgan fingerprint density at radius 1 is 0.258 bits per heavy atom. The molecule has 0 atom stereocenters. The molecule has 0 spiro atoms. The average Bonchev–Trinajstić information content (AvgIpc) is 3.69. The van der Waals surface area contributed by atoms with E-state index in [4.69, 9.17) is 0 Å². The molecule has 12 aromatic carbocycles. The van der Waals surface area contributed by atoms with Gasteiger partial charge in [-0.3, -0.25) is 0 Å². The zero-order chi connectivity index (χ0) is 43.6. The highest BCUT2D eigenvalue weighted by molar-refractivity contribution is 6.15. The van der Waals surface area contributed by atoms with Crippen LogP contribution in [0.25, 0.3) is 76.5 Å². The molecule has 0 saturated carbocycles. The number of anilines is 3. The quantitative estimate of drug-likeness (QED) is 0.145. The van der Waals surface area contributed by atoms with E-state index < -0.39 is 5.41 Å². The number of nitrogens with zero attached hydrogens (tertiary/aromatic N) is 1. The second-order valence-corrected chi connectivity index (χ2v) is 17.6. The van der Waals surface area contributed by atoms with Crippen LogP contribution in [0.3, 0.4) is 0 Å². The SMILES string of the molecule is c1ccc(C2(c3ccccc3)c3ccccc3-c3ccc(N(c4ccc(-c5ccc6ccc7ccccc7c6c5)cc4)c4ccccc4-c4cc5ccccc5c5ccccc45)cc32)cc1. The van der Waals surface area contributed by atoms with Gasteiger partial charge in [-0.2, -0.15) is 0 Å². The van der Waals surface area contributed by atoms with Gasteiger partial charge in [-0.15, -0.1) is 0 Å². The predicted octanol–water partition coefficient (Wildman–Crippen LogP) is 17.5. The summed E-state index contributed by atoms with van der Waals surface area (Å²) in [5, 5.41) is 10.0. The summed E-state index contributed by atoms with van der Waals surface area (Å²) in [6.07, 6.45) is 0. The number of hydrogen-bond donors (Lipinski definition) is 0. The summed E-state index contributed by atoms with van der Waals surface area (Å²) in [4.78, 5) is 2.49. The van der Waals surface area contributed by atoms with E-state index in [9.17, 15) is 0 Å². The van der Waals surface area contributed by atoms with Crippen LogP contribution in [0.15, 0.2) is 261 Å². The van der Waals surface area contributed by atoms with E-state index >= 15 is 0 Å². The second-order valence-electron chi connectivity index (χ2n) is 17.6. The lowest BCUT2D eigenvalue weighted by Crippen LogP contribution is -2.28. The first-order chi connectivity index (χ1) is 32.7. The van der Waals surface area contributed by atoms with Crippen molar-refractivity contribution < 1.29 is 0 Å². The summed E-state index contributed by atoms with van der Waals surface area (Å²) in [6, 6.07) is 96.6. The van der Waals surface area contributed by atoms with Gasteiger partial charge in [0.05, 0.1) is 11.1 Å². The van der Waals surface area contributed by atoms with Crippen LogP contribution in [0.2, 0.25) is 0 Å². The van der Waals surface area contributed by atoms with Gasteiger partial charge in [-0.05, 0) is 136 Å². The number of hydrogen-bond acceptors (Lipinski definition) is 1. The molecule has 13 rings (SSSR count). The van der Waals surface area contributed by atoms with Crippen LogP contribution in [-0.4, -0.2) is 0 Å². The maximum Gasteiger partial charge on any atom is 0.0714 e. The molecule has 1 heteroatoms. The van der Waals surface area contributed by atoms with Gasteiger partial charge in [0, 0.05) is 16.9 Å². The second kappa shape index (κ2) is 15.3. The van der Waals surface area contributed by atoms with Gasteiger partial charge in [0.1, 0.15) is 0 Å². The summed E-state index contributed by atoms with van der Waals surface area (Å²) >= 11 is 0. The van der Waals surface area contributed by atoms with Crippen LogP contribution in [0.5, 0.6) is 0 Å². The highest BCUT2D eigenvalue weighted by Crippen LogP contribution is 2.57. The Morgan fingerprint density at radius 2 is 0.773 bits per heavy atom. The minimum Gasteiger partial charge on any atom is -0.310 e. The van der Waals surface area contributed by atoms with Crippen LogP contribution >= 0.6 is 0 Å². The van der Waals surface area contributed by atoms with Crippen molar-refractivity contribution in [2.45, 2.75) is 5.41 Å². The van der Waals surface area contributed by atoms with Crippen molar-refractivity contribution in [3.05, 3.63) is 283 Å². The summed E-state index contributed by atoms with van der Waals surface area (Å²) in [5.41, 5.74) is 15.1. The van der Waals surface area contributed by atoms with Gasteiger partial charge < -0.3 is 4.90 Å². The van der Waals surface area contributed by atoms with E-state index in [0.29, 0.717) is 0 Å². The fourth-order valence-electron chi connectivity index (χ4n) is 11.2. The van der Waals surface area contributed by atoms with Crippen LogP contribution in [0.4, 0.5) is 17.1 Å². The van der Waals surface area contributed by atoms with E-state index in [2.05, 4.69) is 266 Å². The normalized spacial score (nSPS) is 12.7. The Kier molecular flexibility index (Phi) is 8.82. The minimum absolute atomic E-state index is 0.533. The molecule has 66 heavy (non-hydrogen) atoms. The molecule has 0 unspecified atom stereocenters. The van der Waals surface area contributed by atoms with Crippen molar-refractivity contribution in [3.8, 4) is 33.4 Å². The fourth-order valence-corrected chi connectivity index (χ4v) is 11.2. The van der Waals surface area contributed by atoms with E-state index in [1.807, 2.05) is 0 Å². The Morgan fingerprint density at radius 3 is 1.52 bits per heavy atom. The van der Waals surface area contributed by atoms with Crippen molar-refractivity contribution in [3.63, 3.8) is 0 Å². The highest BCUT2D eigenvalue weighted by Gasteiger charge is 2.46. The molecule has 1 nitrogen and oxygen atoms in total. The first-order valence-corrected chi connectivity index (χ1v) is 22.9. The van der Waals surface area contributed by atoms with Crippen LogP contribution in [0.1, 0.15) is 22.3 Å². The molecule has 308 valence electrons. The van der Waals surface area contributed by atoms with Crippen LogP contribution in [0, 0.1) is 0 Å². The third-order valence-electron chi connectivity index (χ3n) is 14.1. The van der Waals surface area contributed by atoms with E-state index in [1.165, 1.54) is 98.7 Å². The smallest absolute Gasteiger partial charge is 0.0714 e. The molecular formula is C65H43N. The van der Waals surface area contributed by atoms with Gasteiger partial charge in [0.25, 0.3) is 0 Å². The van der Waals surface area contributed by atoms with Crippen molar-refractivity contribution >= 4 is 60.2 Å². The third-order valence-corrected chi connectivity index (χ3v) is 14.1. The van der Waals surface area contributed by atoms with Gasteiger partial charge in [-0.1, -0.05) is 218 Å². The molecule has 0 amide bonds. The Bertz CT molecular complexity index is 3770. The zero-order valence-corrected chi connectivity index (χ0v) is 36.3. The van der Waals surface area contributed by atoms with E-state index in [1.54, 1.807) is 0 Å². The van der Waals surface area contributed by atoms with Crippen LogP contribution in [-0.2, 0) is 5.41 Å². The van der Waals surface area contributed by atoms with Gasteiger partial charge >= 0.3 is 0 Å². The topological polar surface area (TPSA) is 3.24 Å². The fraction of sp³-hybridized carbons (Fsp3) is 0.0154. The van der Waals surface area contributed by atoms with Crippen molar-refractivity contribution in [2.24, 2.45) is 0 Å². The Hall–Kier alpha value is -8.52. The molecule has 0 heterocycles. The molecule has 0 fully saturated rings. The zero-order valence-electron chi connectivity index (χ0n) is 36.3. The minimum atomic E-state index is -0.533. The first-order valence-electron chi connectivity index (χ1n) is 22.9. The Labute approximate surface area is 385 Å². The molecule has 12 aromatic rings. The highest BCUT2D eigenvalue weighted by atomic mass is 15.1. The molecule has 0 bridgehead atoms. The maximum atomic E-state index is 2.49. The molecule has 0 N–H and O–H groups in total. The van der Waals surface area contributed by atoms with Gasteiger partial charge in [0.15, 0.2) is 0 Å². The molecule has 0 aliphatic heterocycles. The van der Waals surface area contributed by atoms with Crippen molar-refractivity contribution in [1.82, 2.24) is 0 Å². The number of para-hydroxylation sites is 1. The Balaban J connectivity index is 1.05. The average molecular weight is 838 g/mol. The molecule has 0 radical (unpaired) electrons. The van der Waals surface area contributed by atoms with Crippen molar-refractivity contribution in [2.75, 3.05) is 4.90 Å². The predicted molar refractivity (Wildman–Crippen MR) is 279 cm³/mol. The summed E-state index contributed by atoms with van der Waals surface area (Å²) in [7, 11) is 0. The number of benzene rings is 12. The standard InChI is InChI=1S/C65H43N/c1-3-19-49(20-4-1)65(50-21-5-2-6-22-50)62-29-15-13-27-57(62)58-40-39-52(43-63(58)65)66(51-37-35-44(36-38-51)47-34-33-46-32-31-45-17-7-9-23-53(45)60(46)41-47)64-30-16-14-28-59(64)61-42-48-18-8-10-24-54(48)55-25-11-12-26-56(55)61/h1-43H. The number of fused-ring (bicyclic) bond motifs is 9. The monoisotopic (exact) mass is 837 g/mol. The lowest BCUT2D eigenvalue weighted by Gasteiger charge is -2.35. The first kappa shape index (κ1) is 38.0. The van der Waals surface area contributed by atoms with E-state index in [-0.39, 0.29) is 0 Å². The third kappa shape index (κ3) is 5.87. The maximum absolute atomic E-state index is 2.49. The largest absolute Gasteiger partial charge is 0.310 e. The molecule has 1 aliphatic carbocycles.